The predicted molar refractivity (Wildman–Crippen MR) is 73.8 cm³/mol. The van der Waals surface area contributed by atoms with Crippen molar-refractivity contribution in [3.8, 4) is 5.75 Å². The minimum atomic E-state index is -3.68. The van der Waals surface area contributed by atoms with Crippen LogP contribution >= 0.6 is 0 Å². The summed E-state index contributed by atoms with van der Waals surface area (Å²) in [6.07, 6.45) is 0. The summed E-state index contributed by atoms with van der Waals surface area (Å²) in [5.41, 5.74) is 0. The minimum Gasteiger partial charge on any atom is -0.494 e. The average Bonchev–Trinajstić information content (AvgIpc) is 2.37. The van der Waals surface area contributed by atoms with Crippen LogP contribution in [0.4, 0.5) is 4.39 Å². The van der Waals surface area contributed by atoms with Gasteiger partial charge in [0, 0.05) is 25.2 Å². The van der Waals surface area contributed by atoms with Crippen LogP contribution in [0.15, 0.2) is 23.1 Å². The Kier molecular flexibility index (Phi) is 4.31. The minimum absolute atomic E-state index is 0.0333. The Balaban J connectivity index is 2.32. The van der Waals surface area contributed by atoms with E-state index in [1.807, 2.05) is 13.8 Å². The van der Waals surface area contributed by atoms with Crippen molar-refractivity contribution in [2.75, 3.05) is 20.2 Å². The number of hydrogen-bond acceptors (Lipinski definition) is 4. The van der Waals surface area contributed by atoms with Gasteiger partial charge in [-0.1, -0.05) is 0 Å². The molecule has 0 radical (unpaired) electrons. The fraction of sp³-hybridized carbons (Fsp3) is 0.538. The molecule has 0 spiro atoms. The monoisotopic (exact) mass is 302 g/mol. The molecule has 0 bridgehead atoms. The van der Waals surface area contributed by atoms with Crippen LogP contribution in [0.1, 0.15) is 13.8 Å². The number of benzene rings is 1. The number of hydrogen-bond donors (Lipinski definition) is 1. The molecule has 112 valence electrons. The van der Waals surface area contributed by atoms with Crippen LogP contribution in [0.25, 0.3) is 0 Å². The molecule has 1 heterocycles. The molecule has 1 fully saturated rings. The Morgan fingerprint density at radius 3 is 2.40 bits per heavy atom. The molecule has 7 heteroatoms. The topological polar surface area (TPSA) is 58.6 Å². The number of ether oxygens (including phenoxy) is 1. The van der Waals surface area contributed by atoms with E-state index in [4.69, 9.17) is 4.74 Å². The van der Waals surface area contributed by atoms with Crippen molar-refractivity contribution in [2.45, 2.75) is 30.8 Å². The lowest BCUT2D eigenvalue weighted by atomic mass is 10.2. The number of nitrogens with one attached hydrogen (secondary N) is 1. The van der Waals surface area contributed by atoms with Crippen LogP contribution in [0.2, 0.25) is 0 Å². The van der Waals surface area contributed by atoms with E-state index in [0.29, 0.717) is 13.1 Å². The van der Waals surface area contributed by atoms with Gasteiger partial charge in [-0.25, -0.2) is 12.8 Å². The largest absolute Gasteiger partial charge is 0.494 e. The van der Waals surface area contributed by atoms with Gasteiger partial charge in [-0.2, -0.15) is 4.31 Å². The maximum atomic E-state index is 13.7. The summed E-state index contributed by atoms with van der Waals surface area (Å²) in [7, 11) is -2.34. The van der Waals surface area contributed by atoms with Gasteiger partial charge in [0.25, 0.3) is 0 Å². The van der Waals surface area contributed by atoms with Gasteiger partial charge in [0.2, 0.25) is 10.0 Å². The number of piperazine rings is 1. The Labute approximate surface area is 118 Å². The van der Waals surface area contributed by atoms with Crippen LogP contribution in [-0.2, 0) is 10.0 Å². The van der Waals surface area contributed by atoms with Gasteiger partial charge in [-0.15, -0.1) is 0 Å². The van der Waals surface area contributed by atoms with Gasteiger partial charge < -0.3 is 10.1 Å². The molecule has 1 saturated heterocycles. The summed E-state index contributed by atoms with van der Waals surface area (Å²) in [5, 5.41) is 3.26. The highest BCUT2D eigenvalue weighted by Gasteiger charge is 2.31. The van der Waals surface area contributed by atoms with Crippen molar-refractivity contribution in [3.05, 3.63) is 24.0 Å². The lowest BCUT2D eigenvalue weighted by molar-refractivity contribution is 0.263. The zero-order chi connectivity index (χ0) is 14.9. The number of sulfonamides is 1. The standard InChI is InChI=1S/C13H19FN2O3S/c1-9-7-16(8-10(2)15-9)20(17,18)11-4-5-13(19-3)12(14)6-11/h4-6,9-10,15H,7-8H2,1-3H3/t9-,10+. The summed E-state index contributed by atoms with van der Waals surface area (Å²) in [6.45, 7) is 4.60. The molecule has 0 aromatic heterocycles. The number of nitrogens with zero attached hydrogens (tertiary/aromatic N) is 1. The Morgan fingerprint density at radius 1 is 1.30 bits per heavy atom. The molecule has 1 aromatic carbocycles. The Hall–Kier alpha value is -1.18. The first kappa shape index (κ1) is 15.2. The van der Waals surface area contributed by atoms with Gasteiger partial charge >= 0.3 is 0 Å². The zero-order valence-electron chi connectivity index (χ0n) is 11.8. The van der Waals surface area contributed by atoms with E-state index in [9.17, 15) is 12.8 Å². The van der Waals surface area contributed by atoms with E-state index >= 15 is 0 Å². The third-order valence-electron chi connectivity index (χ3n) is 3.29. The summed E-state index contributed by atoms with van der Waals surface area (Å²) in [4.78, 5) is -0.0444. The molecule has 20 heavy (non-hydrogen) atoms. The maximum Gasteiger partial charge on any atom is 0.243 e. The molecule has 0 saturated carbocycles. The fourth-order valence-corrected chi connectivity index (χ4v) is 4.06. The zero-order valence-corrected chi connectivity index (χ0v) is 12.6. The molecule has 1 aliphatic heterocycles. The van der Waals surface area contributed by atoms with E-state index in [0.717, 1.165) is 6.07 Å². The van der Waals surface area contributed by atoms with E-state index < -0.39 is 15.8 Å². The van der Waals surface area contributed by atoms with E-state index in [-0.39, 0.29) is 22.7 Å². The first-order valence-corrected chi connectivity index (χ1v) is 7.88. The summed E-state index contributed by atoms with van der Waals surface area (Å²) in [5.74, 6) is -0.643. The molecule has 0 aliphatic carbocycles. The van der Waals surface area contributed by atoms with Crippen molar-refractivity contribution in [2.24, 2.45) is 0 Å². The van der Waals surface area contributed by atoms with Crippen molar-refractivity contribution >= 4 is 10.0 Å². The molecule has 0 amide bonds. The first-order valence-electron chi connectivity index (χ1n) is 6.44. The second-order valence-corrected chi connectivity index (χ2v) is 7.03. The smallest absolute Gasteiger partial charge is 0.243 e. The Bertz CT molecular complexity index is 581. The van der Waals surface area contributed by atoms with E-state index in [2.05, 4.69) is 5.32 Å². The van der Waals surface area contributed by atoms with Gasteiger partial charge in [0.05, 0.1) is 12.0 Å². The van der Waals surface area contributed by atoms with Crippen LogP contribution in [-0.4, -0.2) is 45.0 Å². The van der Waals surface area contributed by atoms with Crippen molar-refractivity contribution < 1.29 is 17.5 Å². The highest BCUT2D eigenvalue weighted by Crippen LogP contribution is 2.24. The van der Waals surface area contributed by atoms with Gasteiger partial charge in [0.15, 0.2) is 11.6 Å². The molecule has 2 rings (SSSR count). The predicted octanol–water partition coefficient (Wildman–Crippen LogP) is 1.21. The molecule has 1 aromatic rings. The maximum absolute atomic E-state index is 13.7. The van der Waals surface area contributed by atoms with Crippen molar-refractivity contribution in [1.82, 2.24) is 9.62 Å². The van der Waals surface area contributed by atoms with Gasteiger partial charge in [0.1, 0.15) is 0 Å². The van der Waals surface area contributed by atoms with Gasteiger partial charge in [-0.3, -0.25) is 0 Å². The molecule has 0 unspecified atom stereocenters. The highest BCUT2D eigenvalue weighted by molar-refractivity contribution is 7.89. The van der Waals surface area contributed by atoms with E-state index in [1.165, 1.54) is 23.5 Å². The fourth-order valence-electron chi connectivity index (χ4n) is 2.43. The lowest BCUT2D eigenvalue weighted by Crippen LogP contribution is -2.55. The lowest BCUT2D eigenvalue weighted by Gasteiger charge is -2.35. The quantitative estimate of drug-likeness (QED) is 0.911. The van der Waals surface area contributed by atoms with E-state index in [1.54, 1.807) is 0 Å². The molecule has 1 N–H and O–H groups in total. The average molecular weight is 302 g/mol. The van der Waals surface area contributed by atoms with Crippen LogP contribution in [0.3, 0.4) is 0 Å². The van der Waals surface area contributed by atoms with Crippen LogP contribution in [0.5, 0.6) is 5.75 Å². The van der Waals surface area contributed by atoms with Crippen LogP contribution < -0.4 is 10.1 Å². The molecule has 2 atom stereocenters. The second-order valence-electron chi connectivity index (χ2n) is 5.09. The normalized spacial score (nSPS) is 24.6. The first-order chi connectivity index (χ1) is 9.34. The number of halogens is 1. The van der Waals surface area contributed by atoms with Crippen molar-refractivity contribution in [3.63, 3.8) is 0 Å². The SMILES string of the molecule is COc1ccc(S(=O)(=O)N2C[C@@H](C)N[C@@H](C)C2)cc1F. The molecule has 5 nitrogen and oxygen atoms in total. The summed E-state index contributed by atoms with van der Waals surface area (Å²) >= 11 is 0. The van der Waals surface area contributed by atoms with Crippen LogP contribution in [0, 0.1) is 5.82 Å². The third-order valence-corrected chi connectivity index (χ3v) is 5.11. The molecule has 1 aliphatic rings. The summed E-state index contributed by atoms with van der Waals surface area (Å²) < 4.78 is 44.9. The molecular weight excluding hydrogens is 283 g/mol. The summed E-state index contributed by atoms with van der Waals surface area (Å²) in [6, 6.07) is 3.84. The second kappa shape index (κ2) is 5.67. The van der Waals surface area contributed by atoms with Gasteiger partial charge in [-0.05, 0) is 32.0 Å². The Morgan fingerprint density at radius 2 is 1.90 bits per heavy atom. The number of rotatable bonds is 3. The van der Waals surface area contributed by atoms with Crippen molar-refractivity contribution in [1.29, 1.82) is 0 Å². The molecular formula is C13H19FN2O3S. The number of methoxy groups -OCH3 is 1. The third kappa shape index (κ3) is 2.94. The highest BCUT2D eigenvalue weighted by atomic mass is 32.2.